The maximum Gasteiger partial charge on any atom is 0.407 e. The molecule has 4 N–H and O–H groups in total. The number of aromatic amines is 1. The monoisotopic (exact) mass is 305 g/mol. The number of nitrogens with one attached hydrogen (secondary N) is 2. The van der Waals surface area contributed by atoms with Crippen molar-refractivity contribution in [2.75, 3.05) is 30.8 Å². The Kier molecular flexibility index (Phi) is 4.44. The molecule has 0 bridgehead atoms. The summed E-state index contributed by atoms with van der Waals surface area (Å²) in [6, 6.07) is 3.83. The highest BCUT2D eigenvalue weighted by Crippen LogP contribution is 2.27. The first-order valence-electron chi connectivity index (χ1n) is 7.17. The van der Waals surface area contributed by atoms with Gasteiger partial charge in [-0.25, -0.2) is 4.79 Å². The number of alkyl carbamates (subject to hydrolysis) is 1. The molecule has 2 rings (SSSR count). The Balaban J connectivity index is 1.92. The fourth-order valence-corrected chi connectivity index (χ4v) is 2.09. The third-order valence-electron chi connectivity index (χ3n) is 3.11. The zero-order chi connectivity index (χ0) is 16.3. The number of nitrogens with two attached hydrogens (primary N) is 1. The van der Waals surface area contributed by atoms with Crippen molar-refractivity contribution in [3.05, 3.63) is 18.3 Å². The van der Waals surface area contributed by atoms with Gasteiger partial charge in [0.1, 0.15) is 5.60 Å². The van der Waals surface area contributed by atoms with E-state index in [0.717, 1.165) is 16.6 Å². The van der Waals surface area contributed by atoms with E-state index in [1.165, 1.54) is 0 Å². The highest BCUT2D eigenvalue weighted by atomic mass is 16.6. The van der Waals surface area contributed by atoms with Gasteiger partial charge in [-0.05, 0) is 32.9 Å². The van der Waals surface area contributed by atoms with Gasteiger partial charge in [-0.3, -0.25) is 5.10 Å². The molecule has 0 saturated carbocycles. The molecular formula is C15H23N5O2. The number of likely N-dealkylation sites (N-methyl/N-ethyl adjacent to an activating group) is 1. The first kappa shape index (κ1) is 15.9. The van der Waals surface area contributed by atoms with Gasteiger partial charge in [0, 0.05) is 25.5 Å². The number of aromatic nitrogens is 2. The molecule has 7 nitrogen and oxygen atoms in total. The SMILES string of the molecule is CN(CCNC(=O)OC(C)(C)C)c1cc2[nH]ncc2cc1N. The van der Waals surface area contributed by atoms with E-state index in [4.69, 9.17) is 10.5 Å². The average molecular weight is 305 g/mol. The molecule has 0 saturated heterocycles. The number of fused-ring (bicyclic) bond motifs is 1. The van der Waals surface area contributed by atoms with E-state index in [2.05, 4.69) is 15.5 Å². The molecule has 0 spiro atoms. The summed E-state index contributed by atoms with van der Waals surface area (Å²) in [5.41, 5.74) is 8.07. The Bertz CT molecular complexity index is 659. The van der Waals surface area contributed by atoms with E-state index in [9.17, 15) is 4.79 Å². The maximum atomic E-state index is 11.6. The van der Waals surface area contributed by atoms with Crippen LogP contribution in [0, 0.1) is 0 Å². The Labute approximate surface area is 129 Å². The topological polar surface area (TPSA) is 96.3 Å². The van der Waals surface area contributed by atoms with Crippen molar-refractivity contribution in [3.8, 4) is 0 Å². The second-order valence-electron chi connectivity index (χ2n) is 6.22. The second kappa shape index (κ2) is 6.13. The Hall–Kier alpha value is -2.44. The number of hydrogen-bond acceptors (Lipinski definition) is 5. The van der Waals surface area contributed by atoms with E-state index in [1.807, 2.05) is 44.9 Å². The molecular weight excluding hydrogens is 282 g/mol. The molecule has 1 heterocycles. The van der Waals surface area contributed by atoms with Gasteiger partial charge in [0.15, 0.2) is 0 Å². The minimum atomic E-state index is -0.494. The molecule has 0 aliphatic carbocycles. The van der Waals surface area contributed by atoms with E-state index in [-0.39, 0.29) is 0 Å². The van der Waals surface area contributed by atoms with Crippen LogP contribution in [0.2, 0.25) is 0 Å². The van der Waals surface area contributed by atoms with Crippen LogP contribution in [0.5, 0.6) is 0 Å². The minimum absolute atomic E-state index is 0.419. The first-order valence-corrected chi connectivity index (χ1v) is 7.17. The number of carbonyl (C=O) groups is 1. The molecule has 0 atom stereocenters. The van der Waals surface area contributed by atoms with Crippen LogP contribution in [0.15, 0.2) is 18.3 Å². The number of ether oxygens (including phenoxy) is 1. The van der Waals surface area contributed by atoms with Crippen molar-refractivity contribution >= 4 is 28.4 Å². The van der Waals surface area contributed by atoms with E-state index in [0.29, 0.717) is 18.8 Å². The summed E-state index contributed by atoms with van der Waals surface area (Å²) < 4.78 is 5.19. The molecule has 0 radical (unpaired) electrons. The quantitative estimate of drug-likeness (QED) is 0.752. The minimum Gasteiger partial charge on any atom is -0.444 e. The summed E-state index contributed by atoms with van der Waals surface area (Å²) in [7, 11) is 1.92. The molecule has 0 unspecified atom stereocenters. The first-order chi connectivity index (χ1) is 10.3. The van der Waals surface area contributed by atoms with Crippen LogP contribution in [0.25, 0.3) is 10.9 Å². The molecule has 22 heavy (non-hydrogen) atoms. The summed E-state index contributed by atoms with van der Waals surface area (Å²) in [4.78, 5) is 13.6. The van der Waals surface area contributed by atoms with Crippen LogP contribution in [0.4, 0.5) is 16.2 Å². The molecule has 1 amide bonds. The Morgan fingerprint density at radius 3 is 2.86 bits per heavy atom. The molecule has 2 aromatic rings. The summed E-state index contributed by atoms with van der Waals surface area (Å²) in [6.07, 6.45) is 1.32. The molecule has 1 aromatic heterocycles. The van der Waals surface area contributed by atoms with Crippen molar-refractivity contribution in [2.24, 2.45) is 0 Å². The number of amides is 1. The van der Waals surface area contributed by atoms with Crippen LogP contribution >= 0.6 is 0 Å². The summed E-state index contributed by atoms with van der Waals surface area (Å²) in [5.74, 6) is 0. The van der Waals surface area contributed by atoms with E-state index in [1.54, 1.807) is 6.20 Å². The fraction of sp³-hybridized carbons (Fsp3) is 0.467. The van der Waals surface area contributed by atoms with Crippen molar-refractivity contribution in [3.63, 3.8) is 0 Å². The zero-order valence-electron chi connectivity index (χ0n) is 13.4. The summed E-state index contributed by atoms with van der Waals surface area (Å²) in [5, 5.41) is 10.6. The van der Waals surface area contributed by atoms with Gasteiger partial charge in [0.05, 0.1) is 23.1 Å². The number of carbonyl (C=O) groups excluding carboxylic acids is 1. The lowest BCUT2D eigenvalue weighted by atomic mass is 10.2. The number of H-pyrrole nitrogens is 1. The predicted octanol–water partition coefficient (Wildman–Crippen LogP) is 2.11. The van der Waals surface area contributed by atoms with Gasteiger partial charge in [-0.15, -0.1) is 0 Å². The number of nitrogen functional groups attached to an aromatic ring is 1. The van der Waals surface area contributed by atoms with Gasteiger partial charge in [0.25, 0.3) is 0 Å². The predicted molar refractivity (Wildman–Crippen MR) is 88.0 cm³/mol. The molecule has 0 aliphatic rings. The number of nitrogens with zero attached hydrogens (tertiary/aromatic N) is 2. The zero-order valence-corrected chi connectivity index (χ0v) is 13.4. The van der Waals surface area contributed by atoms with E-state index >= 15 is 0 Å². The van der Waals surface area contributed by atoms with Crippen LogP contribution in [-0.4, -0.2) is 42.0 Å². The molecule has 0 aliphatic heterocycles. The largest absolute Gasteiger partial charge is 0.444 e. The highest BCUT2D eigenvalue weighted by Gasteiger charge is 2.16. The lowest BCUT2D eigenvalue weighted by Crippen LogP contribution is -2.37. The third-order valence-corrected chi connectivity index (χ3v) is 3.11. The Morgan fingerprint density at radius 2 is 2.18 bits per heavy atom. The molecule has 1 aromatic carbocycles. The number of anilines is 2. The normalized spacial score (nSPS) is 11.5. The van der Waals surface area contributed by atoms with Crippen LogP contribution < -0.4 is 16.0 Å². The summed E-state index contributed by atoms with van der Waals surface area (Å²) in [6.45, 7) is 6.58. The van der Waals surface area contributed by atoms with Gasteiger partial charge >= 0.3 is 6.09 Å². The van der Waals surface area contributed by atoms with Gasteiger partial charge in [0.2, 0.25) is 0 Å². The molecule has 7 heteroatoms. The standard InChI is InChI=1S/C15H23N5O2/c1-15(2,3)22-14(21)17-5-6-20(4)13-8-12-10(7-11(13)16)9-18-19-12/h7-9H,5-6,16H2,1-4H3,(H,17,21)(H,18,19). The van der Waals surface area contributed by atoms with Crippen LogP contribution in [0.1, 0.15) is 20.8 Å². The van der Waals surface area contributed by atoms with Crippen LogP contribution in [0.3, 0.4) is 0 Å². The number of benzene rings is 1. The highest BCUT2D eigenvalue weighted by molar-refractivity contribution is 5.88. The maximum absolute atomic E-state index is 11.6. The lowest BCUT2D eigenvalue weighted by Gasteiger charge is -2.23. The van der Waals surface area contributed by atoms with Crippen molar-refractivity contribution in [2.45, 2.75) is 26.4 Å². The van der Waals surface area contributed by atoms with Gasteiger partial charge in [-0.2, -0.15) is 5.10 Å². The lowest BCUT2D eigenvalue weighted by molar-refractivity contribution is 0.0529. The van der Waals surface area contributed by atoms with Crippen molar-refractivity contribution in [1.29, 1.82) is 0 Å². The van der Waals surface area contributed by atoms with Gasteiger partial charge in [-0.1, -0.05) is 0 Å². The van der Waals surface area contributed by atoms with Crippen molar-refractivity contribution in [1.82, 2.24) is 15.5 Å². The Morgan fingerprint density at radius 1 is 1.45 bits per heavy atom. The summed E-state index contributed by atoms with van der Waals surface area (Å²) >= 11 is 0. The number of hydrogen-bond donors (Lipinski definition) is 3. The fourth-order valence-electron chi connectivity index (χ4n) is 2.09. The second-order valence-corrected chi connectivity index (χ2v) is 6.22. The smallest absolute Gasteiger partial charge is 0.407 e. The van der Waals surface area contributed by atoms with Crippen molar-refractivity contribution < 1.29 is 9.53 Å². The number of rotatable bonds is 4. The molecule has 0 fully saturated rings. The average Bonchev–Trinajstić information content (AvgIpc) is 2.82. The van der Waals surface area contributed by atoms with E-state index < -0.39 is 11.7 Å². The third kappa shape index (κ3) is 4.03. The van der Waals surface area contributed by atoms with Gasteiger partial charge < -0.3 is 20.7 Å². The van der Waals surface area contributed by atoms with Crippen LogP contribution in [-0.2, 0) is 4.74 Å². The molecule has 120 valence electrons.